The van der Waals surface area contributed by atoms with E-state index in [1.807, 2.05) is 0 Å². The molecule has 1 saturated heterocycles. The standard InChI is InChI=1S/C20H28N4O7/c25-8-13-14(26)15(27)17(31-13)24-7-12(16(28)22-19(24)30)21-18(29)23-20-4-9-1-10(5-20)3-11(2-9)6-20/h7,9-11,13-15,17,25-27H,1-6,8H2,(H2,21,23,29)(H,22,28,30)/t9?,10?,11?,13-,14-,15+,17?,20?/m1/s1. The number of urea groups is 1. The average Bonchev–Trinajstić information content (AvgIpc) is 2.97. The van der Waals surface area contributed by atoms with Gasteiger partial charge in [0.25, 0.3) is 5.56 Å². The van der Waals surface area contributed by atoms with Gasteiger partial charge in [0.2, 0.25) is 0 Å². The lowest BCUT2D eigenvalue weighted by atomic mass is 9.53. The number of anilines is 1. The number of carbonyl (C=O) groups excluding carboxylic acids is 1. The largest absolute Gasteiger partial charge is 0.394 e. The Morgan fingerprint density at radius 3 is 2.29 bits per heavy atom. The normalized spacial score (nSPS) is 40.8. The molecule has 1 aliphatic heterocycles. The fourth-order valence-corrected chi connectivity index (χ4v) is 6.53. The highest BCUT2D eigenvalue weighted by Crippen LogP contribution is 2.55. The molecule has 6 rings (SSSR count). The van der Waals surface area contributed by atoms with Gasteiger partial charge in [-0.05, 0) is 56.3 Å². The number of nitrogens with zero attached hydrogens (tertiary/aromatic N) is 1. The van der Waals surface area contributed by atoms with Crippen LogP contribution in [0.2, 0.25) is 0 Å². The van der Waals surface area contributed by atoms with E-state index in [0.717, 1.165) is 30.0 Å². The molecule has 6 N–H and O–H groups in total. The van der Waals surface area contributed by atoms with E-state index in [0.29, 0.717) is 17.8 Å². The maximum absolute atomic E-state index is 12.8. The molecule has 1 aromatic rings. The van der Waals surface area contributed by atoms with E-state index < -0.39 is 48.4 Å². The molecule has 0 aromatic carbocycles. The van der Waals surface area contributed by atoms with Crippen molar-refractivity contribution in [2.75, 3.05) is 11.9 Å². The molecule has 31 heavy (non-hydrogen) atoms. The van der Waals surface area contributed by atoms with Gasteiger partial charge in [0.1, 0.15) is 24.0 Å². The van der Waals surface area contributed by atoms with Crippen LogP contribution < -0.4 is 21.9 Å². The summed E-state index contributed by atoms with van der Waals surface area (Å²) in [5.74, 6) is 1.93. The van der Waals surface area contributed by atoms with Crippen molar-refractivity contribution in [2.24, 2.45) is 17.8 Å². The maximum Gasteiger partial charge on any atom is 0.330 e. The van der Waals surface area contributed by atoms with Crippen molar-refractivity contribution in [3.05, 3.63) is 27.0 Å². The zero-order valence-electron chi connectivity index (χ0n) is 17.0. The first kappa shape index (κ1) is 20.7. The molecule has 0 spiro atoms. The van der Waals surface area contributed by atoms with Crippen LogP contribution in [0, 0.1) is 17.8 Å². The minimum absolute atomic E-state index is 0.181. The Bertz CT molecular complexity index is 953. The van der Waals surface area contributed by atoms with Gasteiger partial charge in [-0.2, -0.15) is 0 Å². The molecular weight excluding hydrogens is 408 g/mol. The number of carbonyl (C=O) groups is 1. The second-order valence-electron chi connectivity index (χ2n) is 9.72. The molecule has 1 unspecified atom stereocenters. The molecule has 5 fully saturated rings. The maximum atomic E-state index is 12.8. The molecule has 4 saturated carbocycles. The van der Waals surface area contributed by atoms with Gasteiger partial charge >= 0.3 is 11.7 Å². The summed E-state index contributed by atoms with van der Waals surface area (Å²) in [6.07, 6.45) is 2.35. The summed E-state index contributed by atoms with van der Waals surface area (Å²) in [7, 11) is 0. The molecule has 4 atom stereocenters. The lowest BCUT2D eigenvalue weighted by Crippen LogP contribution is -2.60. The second-order valence-corrected chi connectivity index (χ2v) is 9.72. The van der Waals surface area contributed by atoms with Crippen LogP contribution in [-0.4, -0.2) is 61.4 Å². The molecule has 4 aliphatic carbocycles. The lowest BCUT2D eigenvalue weighted by Gasteiger charge is -2.56. The molecular formula is C20H28N4O7. The van der Waals surface area contributed by atoms with Crippen molar-refractivity contribution in [2.45, 2.75) is 68.6 Å². The molecule has 2 amide bonds. The number of H-pyrrole nitrogens is 1. The summed E-state index contributed by atoms with van der Waals surface area (Å²) in [6, 6.07) is -0.515. The topological polar surface area (TPSA) is 166 Å². The van der Waals surface area contributed by atoms with Crippen LogP contribution in [0.1, 0.15) is 44.8 Å². The third kappa shape index (κ3) is 3.59. The van der Waals surface area contributed by atoms with Crippen molar-refractivity contribution in [1.29, 1.82) is 0 Å². The number of aliphatic hydroxyl groups excluding tert-OH is 3. The van der Waals surface area contributed by atoms with Crippen LogP contribution in [0.5, 0.6) is 0 Å². The van der Waals surface area contributed by atoms with Gasteiger partial charge in [0.15, 0.2) is 6.23 Å². The predicted octanol–water partition coefficient (Wildman–Crippen LogP) is -0.762. The van der Waals surface area contributed by atoms with Crippen molar-refractivity contribution >= 4 is 11.7 Å². The van der Waals surface area contributed by atoms with Gasteiger partial charge in [0.05, 0.1) is 6.61 Å². The summed E-state index contributed by atoms with van der Waals surface area (Å²) in [6.45, 7) is -0.550. The number of aromatic nitrogens is 2. The van der Waals surface area contributed by atoms with Crippen LogP contribution >= 0.6 is 0 Å². The first-order valence-corrected chi connectivity index (χ1v) is 10.8. The number of hydrogen-bond acceptors (Lipinski definition) is 7. The van der Waals surface area contributed by atoms with Gasteiger partial charge in [-0.3, -0.25) is 14.3 Å². The number of amides is 2. The number of hydrogen-bond donors (Lipinski definition) is 6. The molecule has 5 aliphatic rings. The van der Waals surface area contributed by atoms with E-state index in [2.05, 4.69) is 15.6 Å². The van der Waals surface area contributed by atoms with Crippen LogP contribution in [0.3, 0.4) is 0 Å². The Morgan fingerprint density at radius 2 is 1.74 bits per heavy atom. The zero-order chi connectivity index (χ0) is 21.9. The fourth-order valence-electron chi connectivity index (χ4n) is 6.53. The van der Waals surface area contributed by atoms with E-state index >= 15 is 0 Å². The number of nitrogens with one attached hydrogen (secondary N) is 3. The molecule has 1 aromatic heterocycles. The monoisotopic (exact) mass is 436 g/mol. The van der Waals surface area contributed by atoms with Gasteiger partial charge in [0, 0.05) is 11.7 Å². The number of aliphatic hydroxyl groups is 3. The van der Waals surface area contributed by atoms with Crippen LogP contribution in [0.25, 0.3) is 0 Å². The van der Waals surface area contributed by atoms with Gasteiger partial charge in [-0.15, -0.1) is 0 Å². The minimum atomic E-state index is -1.49. The molecule has 2 heterocycles. The van der Waals surface area contributed by atoms with Crippen LogP contribution in [-0.2, 0) is 4.74 Å². The van der Waals surface area contributed by atoms with Crippen LogP contribution in [0.15, 0.2) is 15.8 Å². The van der Waals surface area contributed by atoms with E-state index in [-0.39, 0.29) is 11.2 Å². The Labute approximate surface area is 177 Å². The van der Waals surface area contributed by atoms with E-state index in [1.54, 1.807) is 0 Å². The summed E-state index contributed by atoms with van der Waals surface area (Å²) in [4.78, 5) is 39.4. The van der Waals surface area contributed by atoms with Crippen molar-refractivity contribution < 1.29 is 24.9 Å². The highest BCUT2D eigenvalue weighted by molar-refractivity contribution is 5.89. The smallest absolute Gasteiger partial charge is 0.330 e. The van der Waals surface area contributed by atoms with E-state index in [9.17, 15) is 29.7 Å². The van der Waals surface area contributed by atoms with Crippen molar-refractivity contribution in [3.63, 3.8) is 0 Å². The minimum Gasteiger partial charge on any atom is -0.394 e. The summed E-state index contributed by atoms with van der Waals surface area (Å²) < 4.78 is 6.25. The quantitative estimate of drug-likeness (QED) is 0.361. The second kappa shape index (κ2) is 7.44. The number of ether oxygens (including phenoxy) is 1. The summed E-state index contributed by atoms with van der Waals surface area (Å²) >= 11 is 0. The Morgan fingerprint density at radius 1 is 1.13 bits per heavy atom. The predicted molar refractivity (Wildman–Crippen MR) is 107 cm³/mol. The highest BCUT2D eigenvalue weighted by atomic mass is 16.6. The first-order chi connectivity index (χ1) is 14.8. The third-order valence-electron chi connectivity index (χ3n) is 7.42. The first-order valence-electron chi connectivity index (χ1n) is 10.8. The zero-order valence-corrected chi connectivity index (χ0v) is 17.0. The van der Waals surface area contributed by atoms with E-state index in [1.165, 1.54) is 19.3 Å². The molecule has 4 bridgehead atoms. The van der Waals surface area contributed by atoms with Gasteiger partial charge in [-0.1, -0.05) is 0 Å². The molecule has 0 radical (unpaired) electrons. The Balaban J connectivity index is 1.34. The average molecular weight is 436 g/mol. The number of rotatable bonds is 4. The summed E-state index contributed by atoms with van der Waals surface area (Å²) in [5.41, 5.74) is -2.08. The number of aromatic amines is 1. The van der Waals surface area contributed by atoms with Crippen molar-refractivity contribution in [1.82, 2.24) is 14.9 Å². The van der Waals surface area contributed by atoms with Gasteiger partial charge in [-0.25, -0.2) is 9.59 Å². The Kier molecular flexibility index (Phi) is 4.96. The molecule has 11 nitrogen and oxygen atoms in total. The SMILES string of the molecule is O=C(Nc1cn(C2O[C@H](CO)[C@@H](O)[C@@H]2O)c(=O)[nH]c1=O)NC12CC3CC(CC(C3)C1)C2. The molecule has 11 heteroatoms. The van der Waals surface area contributed by atoms with E-state index in [4.69, 9.17) is 4.74 Å². The molecule has 170 valence electrons. The third-order valence-corrected chi connectivity index (χ3v) is 7.42. The van der Waals surface area contributed by atoms with Gasteiger partial charge < -0.3 is 30.7 Å². The van der Waals surface area contributed by atoms with Crippen molar-refractivity contribution in [3.8, 4) is 0 Å². The fraction of sp³-hybridized carbons (Fsp3) is 0.750. The Hall–Kier alpha value is -2.21. The lowest BCUT2D eigenvalue weighted by molar-refractivity contribution is -0.0549. The van der Waals surface area contributed by atoms with Crippen LogP contribution in [0.4, 0.5) is 10.5 Å². The highest BCUT2D eigenvalue weighted by Gasteiger charge is 2.51. The summed E-state index contributed by atoms with van der Waals surface area (Å²) in [5, 5.41) is 35.0.